The summed E-state index contributed by atoms with van der Waals surface area (Å²) < 4.78 is 5.32. The number of nitrogens with zero attached hydrogens (tertiary/aromatic N) is 1. The smallest absolute Gasteiger partial charge is 0.136 e. The zero-order valence-corrected chi connectivity index (χ0v) is 12.3. The number of anilines is 1. The maximum atomic E-state index is 5.77. The second-order valence-electron chi connectivity index (χ2n) is 4.38. The highest BCUT2D eigenvalue weighted by atomic mass is 32.1. The van der Waals surface area contributed by atoms with Crippen LogP contribution in [0.3, 0.4) is 0 Å². The van der Waals surface area contributed by atoms with Crippen LogP contribution in [-0.4, -0.2) is 17.1 Å². The molecular formula is C15H17N3OS. The van der Waals surface area contributed by atoms with Crippen LogP contribution >= 0.6 is 12.2 Å². The molecule has 104 valence electrons. The molecule has 2 aromatic rings. The van der Waals surface area contributed by atoms with Crippen molar-refractivity contribution in [1.82, 2.24) is 4.98 Å². The van der Waals surface area contributed by atoms with E-state index in [0.717, 1.165) is 22.4 Å². The summed E-state index contributed by atoms with van der Waals surface area (Å²) in [5.74, 6) is 1.54. The molecule has 0 saturated heterocycles. The van der Waals surface area contributed by atoms with Crippen molar-refractivity contribution in [3.8, 4) is 5.75 Å². The molecule has 1 aromatic heterocycles. The summed E-state index contributed by atoms with van der Waals surface area (Å²) in [7, 11) is 1.66. The number of hydrogen-bond acceptors (Lipinski definition) is 4. The van der Waals surface area contributed by atoms with Gasteiger partial charge in [-0.15, -0.1) is 0 Å². The summed E-state index contributed by atoms with van der Waals surface area (Å²) >= 11 is 5.09. The van der Waals surface area contributed by atoms with E-state index in [1.165, 1.54) is 0 Å². The molecule has 0 aliphatic rings. The number of nitrogens with two attached hydrogens (primary N) is 1. The molecule has 0 fully saturated rings. The fourth-order valence-corrected chi connectivity index (χ4v) is 2.29. The minimum absolute atomic E-state index is 0.345. The predicted molar refractivity (Wildman–Crippen MR) is 85.2 cm³/mol. The number of aryl methyl sites for hydroxylation is 1. The zero-order valence-electron chi connectivity index (χ0n) is 11.5. The third-order valence-corrected chi connectivity index (χ3v) is 3.25. The third-order valence-electron chi connectivity index (χ3n) is 3.04. The molecule has 0 atom stereocenters. The molecule has 0 aliphatic heterocycles. The van der Waals surface area contributed by atoms with Crippen molar-refractivity contribution in [3.63, 3.8) is 0 Å². The first kappa shape index (κ1) is 14.3. The molecule has 5 heteroatoms. The first-order valence-corrected chi connectivity index (χ1v) is 6.65. The number of pyridine rings is 1. The summed E-state index contributed by atoms with van der Waals surface area (Å²) in [5, 5.41) is 3.27. The van der Waals surface area contributed by atoms with Crippen LogP contribution in [0.15, 0.2) is 36.5 Å². The zero-order chi connectivity index (χ0) is 14.5. The van der Waals surface area contributed by atoms with E-state index in [-0.39, 0.29) is 0 Å². The topological polar surface area (TPSA) is 60.2 Å². The number of rotatable bonds is 5. The Morgan fingerprint density at radius 2 is 2.10 bits per heavy atom. The SMILES string of the molecule is COc1ccccc1CNc1nccc(C)c1C(N)=S. The number of methoxy groups -OCH3 is 1. The molecule has 20 heavy (non-hydrogen) atoms. The minimum Gasteiger partial charge on any atom is -0.496 e. The van der Waals surface area contributed by atoms with Gasteiger partial charge in [-0.05, 0) is 24.6 Å². The van der Waals surface area contributed by atoms with Crippen LogP contribution in [0, 0.1) is 6.92 Å². The van der Waals surface area contributed by atoms with Crippen LogP contribution in [-0.2, 0) is 6.54 Å². The molecule has 0 unspecified atom stereocenters. The van der Waals surface area contributed by atoms with Crippen molar-refractivity contribution in [2.45, 2.75) is 13.5 Å². The fourth-order valence-electron chi connectivity index (χ4n) is 2.03. The minimum atomic E-state index is 0.345. The Kier molecular flexibility index (Phi) is 4.53. The largest absolute Gasteiger partial charge is 0.496 e. The lowest BCUT2D eigenvalue weighted by Crippen LogP contribution is -2.16. The van der Waals surface area contributed by atoms with Gasteiger partial charge in [0.25, 0.3) is 0 Å². The Hall–Kier alpha value is -2.14. The van der Waals surface area contributed by atoms with Gasteiger partial charge < -0.3 is 15.8 Å². The number of para-hydroxylation sites is 1. The van der Waals surface area contributed by atoms with Gasteiger partial charge >= 0.3 is 0 Å². The van der Waals surface area contributed by atoms with E-state index < -0.39 is 0 Å². The maximum absolute atomic E-state index is 5.77. The number of hydrogen-bond donors (Lipinski definition) is 2. The van der Waals surface area contributed by atoms with Crippen molar-refractivity contribution >= 4 is 23.0 Å². The highest BCUT2D eigenvalue weighted by molar-refractivity contribution is 7.80. The van der Waals surface area contributed by atoms with Crippen molar-refractivity contribution in [3.05, 3.63) is 53.2 Å². The Balaban J connectivity index is 2.23. The molecule has 0 amide bonds. The van der Waals surface area contributed by atoms with Gasteiger partial charge in [0.05, 0.1) is 12.7 Å². The molecule has 2 rings (SSSR count). The predicted octanol–water partition coefficient (Wildman–Crippen LogP) is 2.64. The van der Waals surface area contributed by atoms with Gasteiger partial charge in [0.2, 0.25) is 0 Å². The van der Waals surface area contributed by atoms with Gasteiger partial charge in [-0.3, -0.25) is 0 Å². The Morgan fingerprint density at radius 3 is 2.80 bits per heavy atom. The van der Waals surface area contributed by atoms with E-state index in [1.54, 1.807) is 13.3 Å². The molecule has 1 heterocycles. The van der Waals surface area contributed by atoms with Crippen molar-refractivity contribution < 1.29 is 4.74 Å². The van der Waals surface area contributed by atoms with Crippen molar-refractivity contribution in [2.24, 2.45) is 5.73 Å². The molecule has 4 nitrogen and oxygen atoms in total. The van der Waals surface area contributed by atoms with Crippen molar-refractivity contribution in [1.29, 1.82) is 0 Å². The Morgan fingerprint density at radius 1 is 1.35 bits per heavy atom. The summed E-state index contributed by atoms with van der Waals surface area (Å²) in [6.07, 6.45) is 1.74. The monoisotopic (exact) mass is 287 g/mol. The van der Waals surface area contributed by atoms with Crippen LogP contribution in [0.2, 0.25) is 0 Å². The first-order chi connectivity index (χ1) is 9.63. The summed E-state index contributed by atoms with van der Waals surface area (Å²) in [4.78, 5) is 4.66. The quantitative estimate of drug-likeness (QED) is 0.828. The van der Waals surface area contributed by atoms with Gasteiger partial charge in [0, 0.05) is 18.3 Å². The molecule has 0 spiro atoms. The second-order valence-corrected chi connectivity index (χ2v) is 4.82. The van der Waals surface area contributed by atoms with Gasteiger partial charge in [0.15, 0.2) is 0 Å². The van der Waals surface area contributed by atoms with E-state index in [9.17, 15) is 0 Å². The normalized spacial score (nSPS) is 10.1. The van der Waals surface area contributed by atoms with E-state index in [4.69, 9.17) is 22.7 Å². The van der Waals surface area contributed by atoms with E-state index in [0.29, 0.717) is 17.4 Å². The molecule has 1 aromatic carbocycles. The van der Waals surface area contributed by atoms with Crippen LogP contribution in [0.4, 0.5) is 5.82 Å². The van der Waals surface area contributed by atoms with E-state index in [2.05, 4.69) is 10.3 Å². The average molecular weight is 287 g/mol. The molecule has 0 saturated carbocycles. The van der Waals surface area contributed by atoms with E-state index >= 15 is 0 Å². The van der Waals surface area contributed by atoms with Crippen LogP contribution in [0.1, 0.15) is 16.7 Å². The highest BCUT2D eigenvalue weighted by Gasteiger charge is 2.10. The van der Waals surface area contributed by atoms with Crippen molar-refractivity contribution in [2.75, 3.05) is 12.4 Å². The third kappa shape index (κ3) is 3.05. The lowest BCUT2D eigenvalue weighted by Gasteiger charge is -2.13. The summed E-state index contributed by atoms with van der Waals surface area (Å²) in [5.41, 5.74) is 8.61. The standard InChI is InChI=1S/C15H17N3OS/c1-10-7-8-17-15(13(10)14(16)20)18-9-11-5-3-4-6-12(11)19-2/h3-8H,9H2,1-2H3,(H2,16,20)(H,17,18). The number of benzene rings is 1. The van der Waals surface area contributed by atoms with Gasteiger partial charge in [-0.1, -0.05) is 30.4 Å². The van der Waals surface area contributed by atoms with Crippen LogP contribution < -0.4 is 15.8 Å². The lowest BCUT2D eigenvalue weighted by atomic mass is 10.1. The van der Waals surface area contributed by atoms with Gasteiger partial charge in [-0.2, -0.15) is 0 Å². The van der Waals surface area contributed by atoms with Gasteiger partial charge in [-0.25, -0.2) is 4.98 Å². The van der Waals surface area contributed by atoms with Crippen LogP contribution in [0.25, 0.3) is 0 Å². The summed E-state index contributed by atoms with van der Waals surface area (Å²) in [6.45, 7) is 2.56. The van der Waals surface area contributed by atoms with Gasteiger partial charge in [0.1, 0.15) is 16.6 Å². The molecule has 3 N–H and O–H groups in total. The van der Waals surface area contributed by atoms with Crippen LogP contribution in [0.5, 0.6) is 5.75 Å². The average Bonchev–Trinajstić information content (AvgIpc) is 2.45. The molecular weight excluding hydrogens is 270 g/mol. The number of nitrogens with one attached hydrogen (secondary N) is 1. The maximum Gasteiger partial charge on any atom is 0.136 e. The number of thiocarbonyl (C=S) groups is 1. The highest BCUT2D eigenvalue weighted by Crippen LogP contribution is 2.21. The Labute approximate surface area is 124 Å². The molecule has 0 bridgehead atoms. The number of ether oxygens (including phenoxy) is 1. The molecule has 0 radical (unpaired) electrons. The molecule has 0 aliphatic carbocycles. The lowest BCUT2D eigenvalue weighted by molar-refractivity contribution is 0.410. The summed E-state index contributed by atoms with van der Waals surface area (Å²) in [6, 6.07) is 9.73. The first-order valence-electron chi connectivity index (χ1n) is 6.24. The fraction of sp³-hybridized carbons (Fsp3) is 0.200. The Bertz CT molecular complexity index is 628. The second kappa shape index (κ2) is 6.34. The number of aromatic nitrogens is 1. The van der Waals surface area contributed by atoms with E-state index in [1.807, 2.05) is 37.3 Å².